The van der Waals surface area contributed by atoms with Gasteiger partial charge in [0.1, 0.15) is 0 Å². The maximum atomic E-state index is 12.2. The zero-order valence-electron chi connectivity index (χ0n) is 15.4. The van der Waals surface area contributed by atoms with Crippen molar-refractivity contribution in [3.63, 3.8) is 0 Å². The predicted octanol–water partition coefficient (Wildman–Crippen LogP) is 2.93. The van der Waals surface area contributed by atoms with E-state index in [1.54, 1.807) is 0 Å². The van der Waals surface area contributed by atoms with Crippen LogP contribution in [0.1, 0.15) is 29.2 Å². The third kappa shape index (κ3) is 5.97. The summed E-state index contributed by atoms with van der Waals surface area (Å²) in [6.07, 6.45) is 2.33. The van der Waals surface area contributed by atoms with Crippen LogP contribution in [-0.4, -0.2) is 32.1 Å². The second-order valence-electron chi connectivity index (χ2n) is 6.27. The summed E-state index contributed by atoms with van der Waals surface area (Å²) in [5, 5.41) is 0. The van der Waals surface area contributed by atoms with Gasteiger partial charge in [-0.3, -0.25) is 4.79 Å². The van der Waals surface area contributed by atoms with E-state index in [0.717, 1.165) is 23.1 Å². The Hall–Kier alpha value is -2.18. The van der Waals surface area contributed by atoms with Crippen molar-refractivity contribution in [2.24, 2.45) is 0 Å². The number of carbonyl (C=O) groups is 1. The van der Waals surface area contributed by atoms with Gasteiger partial charge in [-0.15, -0.1) is 0 Å². The summed E-state index contributed by atoms with van der Waals surface area (Å²) >= 11 is 0. The van der Waals surface area contributed by atoms with Crippen molar-refractivity contribution in [3.8, 4) is 0 Å². The van der Waals surface area contributed by atoms with E-state index in [-0.39, 0.29) is 18.9 Å². The molecule has 0 saturated heterocycles. The van der Waals surface area contributed by atoms with Crippen molar-refractivity contribution >= 4 is 16.0 Å². The first-order chi connectivity index (χ1) is 12.3. The van der Waals surface area contributed by atoms with Crippen molar-refractivity contribution in [2.75, 3.05) is 13.4 Å². The second kappa shape index (κ2) is 8.96. The molecule has 0 spiro atoms. The van der Waals surface area contributed by atoms with Gasteiger partial charge in [-0.05, 0) is 28.7 Å². The van der Waals surface area contributed by atoms with Gasteiger partial charge in [-0.2, -0.15) is 4.31 Å². The molecule has 5 nitrogen and oxygen atoms in total. The van der Waals surface area contributed by atoms with Crippen LogP contribution >= 0.6 is 0 Å². The summed E-state index contributed by atoms with van der Waals surface area (Å²) in [5.74, 6) is -0.321. The number of hydrogen-bond acceptors (Lipinski definition) is 4. The van der Waals surface area contributed by atoms with Gasteiger partial charge in [0, 0.05) is 13.1 Å². The van der Waals surface area contributed by atoms with E-state index in [9.17, 15) is 13.2 Å². The highest BCUT2D eigenvalue weighted by Crippen LogP contribution is 2.16. The SMILES string of the molecule is CCc1ccc(CN(Cc2cccc(CC(=O)OC)c2)S(C)(=O)=O)cc1. The predicted molar refractivity (Wildman–Crippen MR) is 102 cm³/mol. The third-order valence-corrected chi connectivity index (χ3v) is 5.38. The Morgan fingerprint density at radius 1 is 0.962 bits per heavy atom. The molecule has 0 N–H and O–H groups in total. The molecule has 0 bridgehead atoms. The minimum absolute atomic E-state index is 0.168. The third-order valence-electron chi connectivity index (χ3n) is 4.19. The average Bonchev–Trinajstić information content (AvgIpc) is 2.61. The Bertz CT molecular complexity index is 844. The highest BCUT2D eigenvalue weighted by molar-refractivity contribution is 7.88. The summed E-state index contributed by atoms with van der Waals surface area (Å²) in [7, 11) is -2.03. The van der Waals surface area contributed by atoms with Crippen molar-refractivity contribution in [2.45, 2.75) is 32.9 Å². The van der Waals surface area contributed by atoms with Gasteiger partial charge in [0.15, 0.2) is 0 Å². The molecule has 0 aliphatic carbocycles. The van der Waals surface area contributed by atoms with Crippen LogP contribution in [0, 0.1) is 0 Å². The second-order valence-corrected chi connectivity index (χ2v) is 8.26. The van der Waals surface area contributed by atoms with Crippen molar-refractivity contribution in [3.05, 3.63) is 70.8 Å². The van der Waals surface area contributed by atoms with Gasteiger partial charge < -0.3 is 4.74 Å². The first-order valence-electron chi connectivity index (χ1n) is 8.49. The Morgan fingerprint density at radius 2 is 1.54 bits per heavy atom. The lowest BCUT2D eigenvalue weighted by molar-refractivity contribution is -0.139. The molecule has 0 saturated carbocycles. The number of sulfonamides is 1. The molecule has 140 valence electrons. The molecule has 0 radical (unpaired) electrons. The van der Waals surface area contributed by atoms with Gasteiger partial charge in [-0.1, -0.05) is 55.5 Å². The molecular weight excluding hydrogens is 350 g/mol. The van der Waals surface area contributed by atoms with E-state index < -0.39 is 10.0 Å². The number of benzene rings is 2. The number of aryl methyl sites for hydroxylation is 1. The Labute approximate surface area is 155 Å². The largest absolute Gasteiger partial charge is 0.469 e. The normalized spacial score (nSPS) is 11.5. The molecule has 0 heterocycles. The molecule has 0 atom stereocenters. The van der Waals surface area contributed by atoms with Crippen LogP contribution in [0.15, 0.2) is 48.5 Å². The molecule has 2 rings (SSSR count). The van der Waals surface area contributed by atoms with E-state index in [4.69, 9.17) is 0 Å². The molecule has 0 amide bonds. The topological polar surface area (TPSA) is 63.7 Å². The molecule has 0 unspecified atom stereocenters. The lowest BCUT2D eigenvalue weighted by Gasteiger charge is -2.20. The summed E-state index contributed by atoms with van der Waals surface area (Å²) in [6.45, 7) is 2.65. The van der Waals surface area contributed by atoms with Crippen LogP contribution in [0.2, 0.25) is 0 Å². The molecule has 6 heteroatoms. The molecule has 0 aliphatic heterocycles. The van der Waals surface area contributed by atoms with Crippen LogP contribution < -0.4 is 0 Å². The lowest BCUT2D eigenvalue weighted by Crippen LogP contribution is -2.29. The maximum absolute atomic E-state index is 12.2. The van der Waals surface area contributed by atoms with E-state index in [1.165, 1.54) is 23.2 Å². The van der Waals surface area contributed by atoms with Gasteiger partial charge in [0.05, 0.1) is 19.8 Å². The number of esters is 1. The number of nitrogens with zero attached hydrogens (tertiary/aromatic N) is 1. The zero-order chi connectivity index (χ0) is 19.2. The summed E-state index contributed by atoms with van der Waals surface area (Å²) < 4.78 is 30.6. The van der Waals surface area contributed by atoms with E-state index >= 15 is 0 Å². The first-order valence-corrected chi connectivity index (χ1v) is 10.3. The number of methoxy groups -OCH3 is 1. The fourth-order valence-electron chi connectivity index (χ4n) is 2.65. The fourth-order valence-corrected chi connectivity index (χ4v) is 3.42. The summed E-state index contributed by atoms with van der Waals surface area (Å²) in [5.41, 5.74) is 3.80. The monoisotopic (exact) mass is 375 g/mol. The number of hydrogen-bond donors (Lipinski definition) is 0. The quantitative estimate of drug-likeness (QED) is 0.666. The Kier molecular flexibility index (Phi) is 6.94. The van der Waals surface area contributed by atoms with E-state index in [1.807, 2.05) is 48.5 Å². The molecule has 2 aromatic carbocycles. The molecule has 0 aromatic heterocycles. The van der Waals surface area contributed by atoms with Crippen LogP contribution in [0.25, 0.3) is 0 Å². The smallest absolute Gasteiger partial charge is 0.309 e. The van der Waals surface area contributed by atoms with Crippen LogP contribution in [0.4, 0.5) is 0 Å². The van der Waals surface area contributed by atoms with E-state index in [2.05, 4.69) is 11.7 Å². The van der Waals surface area contributed by atoms with Crippen LogP contribution in [0.5, 0.6) is 0 Å². The van der Waals surface area contributed by atoms with E-state index in [0.29, 0.717) is 6.54 Å². The number of rotatable bonds is 8. The minimum atomic E-state index is -3.38. The molecule has 0 aliphatic rings. The van der Waals surface area contributed by atoms with Crippen LogP contribution in [-0.2, 0) is 45.5 Å². The van der Waals surface area contributed by atoms with Crippen molar-refractivity contribution in [1.29, 1.82) is 0 Å². The number of ether oxygens (including phenoxy) is 1. The summed E-state index contributed by atoms with van der Waals surface area (Å²) in [4.78, 5) is 11.4. The summed E-state index contributed by atoms with van der Waals surface area (Å²) in [6, 6.07) is 15.3. The highest BCUT2D eigenvalue weighted by Gasteiger charge is 2.18. The lowest BCUT2D eigenvalue weighted by atomic mass is 10.1. The minimum Gasteiger partial charge on any atom is -0.469 e. The van der Waals surface area contributed by atoms with Gasteiger partial charge >= 0.3 is 5.97 Å². The van der Waals surface area contributed by atoms with Crippen LogP contribution in [0.3, 0.4) is 0 Å². The van der Waals surface area contributed by atoms with Crippen molar-refractivity contribution < 1.29 is 17.9 Å². The first kappa shape index (κ1) is 20.1. The molecule has 0 fully saturated rings. The molecular formula is C20H25NO4S. The molecule has 2 aromatic rings. The zero-order valence-corrected chi connectivity index (χ0v) is 16.3. The maximum Gasteiger partial charge on any atom is 0.309 e. The Morgan fingerprint density at radius 3 is 2.12 bits per heavy atom. The Balaban J connectivity index is 2.17. The average molecular weight is 375 g/mol. The van der Waals surface area contributed by atoms with Gasteiger partial charge in [0.2, 0.25) is 10.0 Å². The van der Waals surface area contributed by atoms with Gasteiger partial charge in [-0.25, -0.2) is 8.42 Å². The fraction of sp³-hybridized carbons (Fsp3) is 0.350. The highest BCUT2D eigenvalue weighted by atomic mass is 32.2. The van der Waals surface area contributed by atoms with Crippen molar-refractivity contribution in [1.82, 2.24) is 4.31 Å². The van der Waals surface area contributed by atoms with Gasteiger partial charge in [0.25, 0.3) is 0 Å². The molecule has 26 heavy (non-hydrogen) atoms. The standard InChI is InChI=1S/C20H25NO4S/c1-4-16-8-10-17(11-9-16)14-21(26(3,23)24)15-19-7-5-6-18(12-19)13-20(22)25-2/h5-12H,4,13-15H2,1-3H3. The number of carbonyl (C=O) groups excluding carboxylic acids is 1.